The molecule has 142 valence electrons. The molecule has 0 saturated carbocycles. The third-order valence-corrected chi connectivity index (χ3v) is 4.29. The Bertz CT molecular complexity index is 588. The summed E-state index contributed by atoms with van der Waals surface area (Å²) in [7, 11) is 2.20. The van der Waals surface area contributed by atoms with E-state index in [4.69, 9.17) is 0 Å². The first kappa shape index (κ1) is 20.5. The smallest absolute Gasteiger partial charge is 0.0544 e. The quantitative estimate of drug-likeness (QED) is 0.573. The maximum absolute atomic E-state index is 4.51. The molecule has 0 saturated heterocycles. The highest BCUT2D eigenvalue weighted by molar-refractivity contribution is 5.10. The minimum atomic E-state index is 0.850. The van der Waals surface area contributed by atoms with Gasteiger partial charge in [0.1, 0.15) is 0 Å². The fourth-order valence-electron chi connectivity index (χ4n) is 2.89. The van der Waals surface area contributed by atoms with Gasteiger partial charge >= 0.3 is 0 Å². The van der Waals surface area contributed by atoms with Gasteiger partial charge in [-0.05, 0) is 84.2 Å². The zero-order valence-electron chi connectivity index (χ0n) is 16.5. The second kappa shape index (κ2) is 11.7. The van der Waals surface area contributed by atoms with Crippen molar-refractivity contribution in [3.05, 3.63) is 59.2 Å². The minimum absolute atomic E-state index is 0.850. The second-order valence-electron chi connectivity index (χ2n) is 6.90. The van der Waals surface area contributed by atoms with Crippen molar-refractivity contribution in [2.45, 2.75) is 39.8 Å². The average molecular weight is 356 g/mol. The van der Waals surface area contributed by atoms with E-state index in [0.717, 1.165) is 74.9 Å². The van der Waals surface area contributed by atoms with Crippen molar-refractivity contribution < 1.29 is 0 Å². The van der Waals surface area contributed by atoms with Crippen molar-refractivity contribution in [3.8, 4) is 0 Å². The van der Waals surface area contributed by atoms with Gasteiger partial charge in [-0.1, -0.05) is 12.1 Å². The van der Waals surface area contributed by atoms with Crippen LogP contribution in [-0.2, 0) is 13.1 Å². The number of nitrogens with zero attached hydrogens (tertiary/aromatic N) is 3. The topological polar surface area (TPSA) is 53.1 Å². The van der Waals surface area contributed by atoms with E-state index in [2.05, 4.69) is 56.8 Å². The summed E-state index contributed by atoms with van der Waals surface area (Å²) in [5.74, 6) is 0. The van der Waals surface area contributed by atoms with Crippen molar-refractivity contribution in [1.29, 1.82) is 0 Å². The van der Waals surface area contributed by atoms with Crippen LogP contribution >= 0.6 is 0 Å². The maximum Gasteiger partial charge on any atom is 0.0544 e. The number of aryl methyl sites for hydroxylation is 2. The van der Waals surface area contributed by atoms with Gasteiger partial charge in [0.2, 0.25) is 0 Å². The van der Waals surface area contributed by atoms with E-state index in [1.54, 1.807) is 0 Å². The Morgan fingerprint density at radius 3 is 1.65 bits per heavy atom. The summed E-state index contributed by atoms with van der Waals surface area (Å²) in [4.78, 5) is 11.4. The van der Waals surface area contributed by atoms with E-state index in [-0.39, 0.29) is 0 Å². The van der Waals surface area contributed by atoms with Gasteiger partial charge < -0.3 is 15.5 Å². The highest BCUT2D eigenvalue weighted by atomic mass is 15.1. The van der Waals surface area contributed by atoms with Gasteiger partial charge in [-0.15, -0.1) is 0 Å². The van der Waals surface area contributed by atoms with Crippen LogP contribution in [0.3, 0.4) is 0 Å². The summed E-state index contributed by atoms with van der Waals surface area (Å²) < 4.78 is 0. The fourth-order valence-corrected chi connectivity index (χ4v) is 2.89. The van der Waals surface area contributed by atoms with Crippen molar-refractivity contribution >= 4 is 0 Å². The van der Waals surface area contributed by atoms with Crippen LogP contribution in [0.1, 0.15) is 35.6 Å². The number of nitrogens with one attached hydrogen (secondary N) is 2. The molecule has 0 bridgehead atoms. The van der Waals surface area contributed by atoms with Gasteiger partial charge in [-0.2, -0.15) is 0 Å². The van der Waals surface area contributed by atoms with Crippen LogP contribution in [-0.4, -0.2) is 48.1 Å². The lowest BCUT2D eigenvalue weighted by molar-refractivity contribution is 0.320. The van der Waals surface area contributed by atoms with Crippen LogP contribution < -0.4 is 10.6 Å². The van der Waals surface area contributed by atoms with Gasteiger partial charge in [0.15, 0.2) is 0 Å². The van der Waals surface area contributed by atoms with E-state index in [1.165, 1.54) is 0 Å². The molecule has 2 heterocycles. The summed E-state index contributed by atoms with van der Waals surface area (Å²) in [6, 6.07) is 12.3. The molecule has 0 aliphatic rings. The molecule has 2 rings (SSSR count). The lowest BCUT2D eigenvalue weighted by Crippen LogP contribution is -2.27. The molecular formula is C21H33N5. The molecule has 2 aromatic rings. The molecule has 0 aliphatic carbocycles. The van der Waals surface area contributed by atoms with Crippen LogP contribution in [0.2, 0.25) is 0 Å². The first-order chi connectivity index (χ1) is 12.6. The SMILES string of the molecule is Cc1cccc(CNCCCN(C)CCCNCc2cccc(C)n2)n1. The molecule has 2 N–H and O–H groups in total. The lowest BCUT2D eigenvalue weighted by atomic mass is 10.3. The number of pyridine rings is 2. The summed E-state index contributed by atoms with van der Waals surface area (Å²) in [5, 5.41) is 6.95. The minimum Gasteiger partial charge on any atom is -0.311 e. The van der Waals surface area contributed by atoms with Crippen molar-refractivity contribution in [3.63, 3.8) is 0 Å². The Kier molecular flexibility index (Phi) is 9.24. The van der Waals surface area contributed by atoms with E-state index in [1.807, 2.05) is 26.0 Å². The van der Waals surface area contributed by atoms with Gasteiger partial charge in [0, 0.05) is 24.5 Å². The summed E-state index contributed by atoms with van der Waals surface area (Å²) in [6.45, 7) is 10.1. The van der Waals surface area contributed by atoms with Gasteiger partial charge in [-0.25, -0.2) is 0 Å². The Balaban J connectivity index is 1.45. The van der Waals surface area contributed by atoms with Crippen LogP contribution in [0, 0.1) is 13.8 Å². The monoisotopic (exact) mass is 355 g/mol. The Morgan fingerprint density at radius 2 is 1.23 bits per heavy atom. The van der Waals surface area contributed by atoms with Crippen LogP contribution in [0.25, 0.3) is 0 Å². The van der Waals surface area contributed by atoms with E-state index >= 15 is 0 Å². The molecule has 0 aromatic carbocycles. The Labute approximate surface area is 158 Å². The number of hydrogen-bond acceptors (Lipinski definition) is 5. The fraction of sp³-hybridized carbons (Fsp3) is 0.524. The Hall–Kier alpha value is -1.82. The highest BCUT2D eigenvalue weighted by Crippen LogP contribution is 1.99. The molecule has 5 nitrogen and oxygen atoms in total. The second-order valence-corrected chi connectivity index (χ2v) is 6.90. The van der Waals surface area contributed by atoms with E-state index in [9.17, 15) is 0 Å². The van der Waals surface area contributed by atoms with Gasteiger partial charge in [0.25, 0.3) is 0 Å². The first-order valence-corrected chi connectivity index (χ1v) is 9.58. The maximum atomic E-state index is 4.51. The summed E-state index contributed by atoms with van der Waals surface area (Å²) in [5.41, 5.74) is 4.40. The van der Waals surface area contributed by atoms with Crippen LogP contribution in [0.15, 0.2) is 36.4 Å². The highest BCUT2D eigenvalue weighted by Gasteiger charge is 2.00. The molecule has 0 atom stereocenters. The summed E-state index contributed by atoms with van der Waals surface area (Å²) >= 11 is 0. The first-order valence-electron chi connectivity index (χ1n) is 9.58. The van der Waals surface area contributed by atoms with E-state index < -0.39 is 0 Å². The Morgan fingerprint density at radius 1 is 0.769 bits per heavy atom. The zero-order valence-corrected chi connectivity index (χ0v) is 16.5. The van der Waals surface area contributed by atoms with E-state index in [0.29, 0.717) is 0 Å². The molecule has 0 spiro atoms. The molecule has 0 radical (unpaired) electrons. The number of aromatic nitrogens is 2. The normalized spacial score (nSPS) is 11.2. The van der Waals surface area contributed by atoms with Crippen molar-refractivity contribution in [2.24, 2.45) is 0 Å². The largest absolute Gasteiger partial charge is 0.311 e. The predicted octanol–water partition coefficient (Wildman–Crippen LogP) is 2.68. The standard InChI is InChI=1S/C21H33N5/c1-18-8-4-10-20(24-18)16-22-12-6-14-26(3)15-7-13-23-17-21-11-5-9-19(2)25-21/h4-5,8-11,22-23H,6-7,12-17H2,1-3H3. The molecule has 0 amide bonds. The lowest BCUT2D eigenvalue weighted by Gasteiger charge is -2.16. The molecule has 5 heteroatoms. The molecule has 2 aromatic heterocycles. The average Bonchev–Trinajstić information content (AvgIpc) is 2.61. The van der Waals surface area contributed by atoms with Crippen LogP contribution in [0.5, 0.6) is 0 Å². The molecule has 0 aliphatic heterocycles. The summed E-state index contributed by atoms with van der Waals surface area (Å²) in [6.07, 6.45) is 2.31. The third kappa shape index (κ3) is 8.52. The van der Waals surface area contributed by atoms with Crippen LogP contribution in [0.4, 0.5) is 0 Å². The zero-order chi connectivity index (χ0) is 18.6. The number of hydrogen-bond donors (Lipinski definition) is 2. The van der Waals surface area contributed by atoms with Crippen molar-refractivity contribution in [1.82, 2.24) is 25.5 Å². The molecule has 0 fully saturated rings. The van der Waals surface area contributed by atoms with Gasteiger partial charge in [-0.3, -0.25) is 9.97 Å². The predicted molar refractivity (Wildman–Crippen MR) is 108 cm³/mol. The molecule has 0 unspecified atom stereocenters. The van der Waals surface area contributed by atoms with Crippen molar-refractivity contribution in [2.75, 3.05) is 33.2 Å². The molecule has 26 heavy (non-hydrogen) atoms. The third-order valence-electron chi connectivity index (χ3n) is 4.29. The van der Waals surface area contributed by atoms with Gasteiger partial charge in [0.05, 0.1) is 11.4 Å². The molecular weight excluding hydrogens is 322 g/mol. The number of rotatable bonds is 12.